The van der Waals surface area contributed by atoms with Gasteiger partial charge in [-0.3, -0.25) is 4.79 Å². The van der Waals surface area contributed by atoms with E-state index in [9.17, 15) is 4.79 Å². The lowest BCUT2D eigenvalue weighted by molar-refractivity contribution is 0.0717. The van der Waals surface area contributed by atoms with Crippen molar-refractivity contribution >= 4 is 11.8 Å². The Bertz CT molecular complexity index is 1240. The number of benzene rings is 2. The molecule has 0 spiro atoms. The lowest BCUT2D eigenvalue weighted by atomic mass is 10.0. The van der Waals surface area contributed by atoms with E-state index in [1.807, 2.05) is 54.6 Å². The third-order valence-corrected chi connectivity index (χ3v) is 6.34. The van der Waals surface area contributed by atoms with Crippen molar-refractivity contribution in [3.63, 3.8) is 0 Å². The number of hydrogen-bond acceptors (Lipinski definition) is 6. The minimum atomic E-state index is -0.120. The Morgan fingerprint density at radius 2 is 1.83 bits per heavy atom. The second-order valence-corrected chi connectivity index (χ2v) is 8.70. The van der Waals surface area contributed by atoms with E-state index in [2.05, 4.69) is 10.1 Å². The van der Waals surface area contributed by atoms with E-state index in [1.165, 1.54) is 6.42 Å². The lowest BCUT2D eigenvalue weighted by Gasteiger charge is -2.28. The van der Waals surface area contributed by atoms with Crippen LogP contribution in [0.15, 0.2) is 81.9 Å². The van der Waals surface area contributed by atoms with Crippen molar-refractivity contribution in [3.8, 4) is 17.0 Å². The second-order valence-electron chi connectivity index (χ2n) is 8.70. The normalized spacial score (nSPS) is 13.6. The van der Waals surface area contributed by atoms with Crippen LogP contribution in [0, 0.1) is 0 Å². The van der Waals surface area contributed by atoms with Gasteiger partial charge in [-0.2, -0.15) is 0 Å². The molecule has 4 aromatic rings. The molecule has 2 aromatic heterocycles. The summed E-state index contributed by atoms with van der Waals surface area (Å²) in [5.74, 6) is 1.97. The number of nitrogens with zero attached hydrogens (tertiary/aromatic N) is 3. The van der Waals surface area contributed by atoms with Gasteiger partial charge in [-0.25, -0.2) is 0 Å². The minimum absolute atomic E-state index is 0.120. The number of amides is 1. The monoisotopic (exact) mass is 471 g/mol. The molecule has 0 N–H and O–H groups in total. The van der Waals surface area contributed by atoms with Crippen molar-refractivity contribution in [3.05, 3.63) is 89.9 Å². The Hall–Kier alpha value is -4.00. The van der Waals surface area contributed by atoms with Crippen LogP contribution >= 0.6 is 0 Å². The Kier molecular flexibility index (Phi) is 6.84. The number of methoxy groups -OCH3 is 1. The molecule has 1 aliphatic rings. The first-order valence-corrected chi connectivity index (χ1v) is 12.0. The molecular formula is C28H29N3O4. The molecule has 0 atom stereocenters. The highest BCUT2D eigenvalue weighted by molar-refractivity contribution is 5.94. The van der Waals surface area contributed by atoms with Gasteiger partial charge in [-0.1, -0.05) is 41.6 Å². The van der Waals surface area contributed by atoms with Crippen LogP contribution in [0.2, 0.25) is 0 Å². The maximum Gasteiger partial charge on any atom is 0.254 e. The average Bonchev–Trinajstić information content (AvgIpc) is 3.59. The third-order valence-electron chi connectivity index (χ3n) is 6.34. The highest BCUT2D eigenvalue weighted by atomic mass is 16.5. The molecule has 7 nitrogen and oxygen atoms in total. The van der Waals surface area contributed by atoms with E-state index in [0.717, 1.165) is 48.6 Å². The second kappa shape index (κ2) is 10.5. The maximum atomic E-state index is 13.8. The van der Waals surface area contributed by atoms with Gasteiger partial charge >= 0.3 is 0 Å². The summed E-state index contributed by atoms with van der Waals surface area (Å²) < 4.78 is 16.9. The van der Waals surface area contributed by atoms with Gasteiger partial charge in [-0.15, -0.1) is 0 Å². The fourth-order valence-electron chi connectivity index (χ4n) is 4.53. The number of aromatic nitrogens is 1. The molecule has 0 bridgehead atoms. The van der Waals surface area contributed by atoms with Gasteiger partial charge in [0.15, 0.2) is 0 Å². The van der Waals surface area contributed by atoms with E-state index in [0.29, 0.717) is 30.2 Å². The van der Waals surface area contributed by atoms with Gasteiger partial charge in [0.2, 0.25) is 5.88 Å². The largest absolute Gasteiger partial charge is 0.497 e. The third kappa shape index (κ3) is 5.09. The summed E-state index contributed by atoms with van der Waals surface area (Å²) in [6.07, 6.45) is 5.06. The van der Waals surface area contributed by atoms with E-state index < -0.39 is 0 Å². The van der Waals surface area contributed by atoms with Gasteiger partial charge in [0.25, 0.3) is 5.91 Å². The van der Waals surface area contributed by atoms with Crippen LogP contribution in [0.1, 0.15) is 40.9 Å². The molecule has 7 heteroatoms. The summed E-state index contributed by atoms with van der Waals surface area (Å²) in [6, 6.07) is 20.9. The van der Waals surface area contributed by atoms with E-state index in [1.54, 1.807) is 30.4 Å². The standard InChI is InChI=1S/C28H29N3O4/c1-33-23-13-8-12-22(18-23)27(32)31(19-24-14-9-17-34-24)20-25-26(21-10-4-2-5-11-21)29-35-28(25)30-15-6-3-7-16-30/h2,4-5,8-14,17-18H,3,6-7,15-16,19-20H2,1H3. The number of carbonyl (C=O) groups is 1. The summed E-state index contributed by atoms with van der Waals surface area (Å²) in [4.78, 5) is 17.8. The Morgan fingerprint density at radius 3 is 2.57 bits per heavy atom. The number of furan rings is 1. The molecule has 1 fully saturated rings. The zero-order chi connectivity index (χ0) is 24.0. The number of rotatable bonds is 8. The van der Waals surface area contributed by atoms with Gasteiger partial charge in [0.1, 0.15) is 17.2 Å². The molecule has 5 rings (SSSR count). The summed E-state index contributed by atoms with van der Waals surface area (Å²) in [7, 11) is 1.60. The molecule has 180 valence electrons. The molecule has 35 heavy (non-hydrogen) atoms. The summed E-state index contributed by atoms with van der Waals surface area (Å²) in [5.41, 5.74) is 3.17. The zero-order valence-electron chi connectivity index (χ0n) is 19.9. The first-order valence-electron chi connectivity index (χ1n) is 12.0. The van der Waals surface area contributed by atoms with Crippen molar-refractivity contribution in [2.45, 2.75) is 32.4 Å². The first kappa shape index (κ1) is 22.8. The van der Waals surface area contributed by atoms with Crippen LogP contribution in [-0.4, -0.2) is 36.2 Å². The van der Waals surface area contributed by atoms with Crippen molar-refractivity contribution in [1.82, 2.24) is 10.1 Å². The molecule has 2 aromatic carbocycles. The topological polar surface area (TPSA) is 72.0 Å². The number of hydrogen-bond donors (Lipinski definition) is 0. The van der Waals surface area contributed by atoms with E-state index in [-0.39, 0.29) is 5.91 Å². The number of anilines is 1. The SMILES string of the molecule is COc1cccc(C(=O)N(Cc2ccco2)Cc2c(-c3ccccc3)noc2N2CCCCC2)c1. The zero-order valence-corrected chi connectivity index (χ0v) is 19.9. The van der Waals surface area contributed by atoms with E-state index >= 15 is 0 Å². The Balaban J connectivity index is 1.54. The minimum Gasteiger partial charge on any atom is -0.497 e. The molecule has 0 unspecified atom stereocenters. The highest BCUT2D eigenvalue weighted by Gasteiger charge is 2.28. The molecule has 1 aliphatic heterocycles. The summed E-state index contributed by atoms with van der Waals surface area (Å²) in [5, 5.41) is 4.47. The smallest absolute Gasteiger partial charge is 0.254 e. The van der Waals surface area contributed by atoms with Crippen molar-refractivity contribution < 1.29 is 18.5 Å². The van der Waals surface area contributed by atoms with Gasteiger partial charge in [-0.05, 0) is 49.6 Å². The van der Waals surface area contributed by atoms with Gasteiger partial charge in [0, 0.05) is 24.2 Å². The van der Waals surface area contributed by atoms with Crippen LogP contribution in [-0.2, 0) is 13.1 Å². The molecule has 0 aliphatic carbocycles. The molecule has 1 saturated heterocycles. The molecule has 3 heterocycles. The first-order chi connectivity index (χ1) is 17.2. The molecule has 0 saturated carbocycles. The Labute approximate surface area is 204 Å². The van der Waals surface area contributed by atoms with Crippen LogP contribution in [0.5, 0.6) is 5.75 Å². The van der Waals surface area contributed by atoms with Crippen LogP contribution in [0.25, 0.3) is 11.3 Å². The maximum absolute atomic E-state index is 13.8. The van der Waals surface area contributed by atoms with Crippen molar-refractivity contribution in [2.75, 3.05) is 25.1 Å². The van der Waals surface area contributed by atoms with Crippen LogP contribution in [0.4, 0.5) is 5.88 Å². The molecule has 0 radical (unpaired) electrons. The average molecular weight is 472 g/mol. The van der Waals surface area contributed by atoms with Gasteiger partial charge < -0.3 is 23.5 Å². The van der Waals surface area contributed by atoms with Gasteiger partial charge in [0.05, 0.1) is 32.0 Å². The van der Waals surface area contributed by atoms with Crippen LogP contribution < -0.4 is 9.64 Å². The predicted octanol–water partition coefficient (Wildman–Crippen LogP) is 5.78. The number of ether oxygens (including phenoxy) is 1. The van der Waals surface area contributed by atoms with Crippen LogP contribution in [0.3, 0.4) is 0 Å². The Morgan fingerprint density at radius 1 is 1.00 bits per heavy atom. The quantitative estimate of drug-likeness (QED) is 0.325. The lowest BCUT2D eigenvalue weighted by Crippen LogP contribution is -2.33. The highest BCUT2D eigenvalue weighted by Crippen LogP contribution is 2.34. The number of carbonyl (C=O) groups excluding carboxylic acids is 1. The van der Waals surface area contributed by atoms with E-state index in [4.69, 9.17) is 13.7 Å². The number of piperidine rings is 1. The fourth-order valence-corrected chi connectivity index (χ4v) is 4.53. The predicted molar refractivity (Wildman–Crippen MR) is 133 cm³/mol. The fraction of sp³-hybridized carbons (Fsp3) is 0.286. The summed E-state index contributed by atoms with van der Waals surface area (Å²) >= 11 is 0. The van der Waals surface area contributed by atoms with Crippen molar-refractivity contribution in [1.29, 1.82) is 0 Å². The summed E-state index contributed by atoms with van der Waals surface area (Å²) in [6.45, 7) is 2.48. The van der Waals surface area contributed by atoms with Crippen molar-refractivity contribution in [2.24, 2.45) is 0 Å². The molecule has 1 amide bonds. The molecular weight excluding hydrogens is 442 g/mol.